The van der Waals surface area contributed by atoms with E-state index in [0.717, 1.165) is 37.2 Å². The van der Waals surface area contributed by atoms with Gasteiger partial charge in [-0.15, -0.1) is 0 Å². The molecule has 1 fully saturated rings. The van der Waals surface area contributed by atoms with Crippen LogP contribution in [0, 0.1) is 0 Å². The monoisotopic (exact) mass is 379 g/mol. The van der Waals surface area contributed by atoms with Crippen molar-refractivity contribution >= 4 is 17.5 Å². The summed E-state index contributed by atoms with van der Waals surface area (Å²) in [6, 6.07) is 17.8. The van der Waals surface area contributed by atoms with Crippen LogP contribution < -0.4 is 10.6 Å². The van der Waals surface area contributed by atoms with Crippen LogP contribution in [-0.2, 0) is 22.6 Å². The van der Waals surface area contributed by atoms with E-state index in [2.05, 4.69) is 27.7 Å². The fourth-order valence-corrected chi connectivity index (χ4v) is 3.62. The molecule has 1 heterocycles. The zero-order valence-corrected chi connectivity index (χ0v) is 16.7. The molecule has 1 aliphatic rings. The number of rotatable bonds is 7. The smallest absolute Gasteiger partial charge is 0.241 e. The molecule has 0 saturated carbocycles. The molecule has 0 bridgehead atoms. The van der Waals surface area contributed by atoms with E-state index in [-0.39, 0.29) is 23.9 Å². The van der Waals surface area contributed by atoms with Crippen LogP contribution in [0.15, 0.2) is 54.6 Å². The maximum absolute atomic E-state index is 12.8. The van der Waals surface area contributed by atoms with Crippen molar-refractivity contribution in [1.82, 2.24) is 10.2 Å². The Bertz CT molecular complexity index is 787. The quantitative estimate of drug-likeness (QED) is 0.775. The highest BCUT2D eigenvalue weighted by Gasteiger charge is 2.30. The first kappa shape index (κ1) is 20.1. The van der Waals surface area contributed by atoms with E-state index in [1.165, 1.54) is 5.56 Å². The molecule has 2 aromatic rings. The summed E-state index contributed by atoms with van der Waals surface area (Å²) in [7, 11) is 0. The van der Waals surface area contributed by atoms with E-state index < -0.39 is 0 Å². The van der Waals surface area contributed by atoms with E-state index in [0.29, 0.717) is 6.42 Å². The minimum absolute atomic E-state index is 0.00861. The third kappa shape index (κ3) is 5.67. The van der Waals surface area contributed by atoms with Gasteiger partial charge in [0.2, 0.25) is 11.8 Å². The molecule has 5 nitrogen and oxygen atoms in total. The molecule has 1 atom stereocenters. The summed E-state index contributed by atoms with van der Waals surface area (Å²) in [4.78, 5) is 26.9. The van der Waals surface area contributed by atoms with Gasteiger partial charge in [0.1, 0.15) is 0 Å². The van der Waals surface area contributed by atoms with Crippen LogP contribution in [0.4, 0.5) is 5.69 Å². The zero-order chi connectivity index (χ0) is 19.9. The molecule has 148 valence electrons. The normalized spacial score (nSPS) is 16.9. The van der Waals surface area contributed by atoms with Crippen molar-refractivity contribution in [1.29, 1.82) is 0 Å². The highest BCUT2D eigenvalue weighted by atomic mass is 16.2. The number of carbonyl (C=O) groups excluding carboxylic acids is 2. The standard InChI is InChI=1S/C23H29N3O2/c1-17(2)24-22(27)15-18-10-12-20(13-11-18)25-23(28)21-9-6-14-26(21)16-19-7-4-3-5-8-19/h3-5,7-8,10-13,17,21H,6,9,14-16H2,1-2H3,(H,24,27)(H,25,28). The Labute approximate surface area is 167 Å². The highest BCUT2D eigenvalue weighted by molar-refractivity contribution is 5.95. The van der Waals surface area contributed by atoms with E-state index in [1.54, 1.807) is 0 Å². The second-order valence-electron chi connectivity index (χ2n) is 7.70. The molecule has 28 heavy (non-hydrogen) atoms. The Balaban J connectivity index is 1.55. The lowest BCUT2D eigenvalue weighted by atomic mass is 10.1. The van der Waals surface area contributed by atoms with E-state index >= 15 is 0 Å². The maximum atomic E-state index is 12.8. The van der Waals surface area contributed by atoms with Crippen LogP contribution in [0.2, 0.25) is 0 Å². The Morgan fingerprint density at radius 2 is 1.75 bits per heavy atom. The minimum atomic E-state index is -0.100. The van der Waals surface area contributed by atoms with Crippen molar-refractivity contribution in [2.75, 3.05) is 11.9 Å². The van der Waals surface area contributed by atoms with Gasteiger partial charge in [0, 0.05) is 18.3 Å². The SMILES string of the molecule is CC(C)NC(=O)Cc1ccc(NC(=O)C2CCCN2Cc2ccccc2)cc1. The van der Waals surface area contributed by atoms with Gasteiger partial charge < -0.3 is 10.6 Å². The highest BCUT2D eigenvalue weighted by Crippen LogP contribution is 2.22. The average Bonchev–Trinajstić information content (AvgIpc) is 3.12. The topological polar surface area (TPSA) is 61.4 Å². The third-order valence-electron chi connectivity index (χ3n) is 4.93. The first-order valence-corrected chi connectivity index (χ1v) is 9.98. The lowest BCUT2D eigenvalue weighted by Gasteiger charge is -2.23. The van der Waals surface area contributed by atoms with E-state index in [1.807, 2.05) is 56.3 Å². The van der Waals surface area contributed by atoms with Gasteiger partial charge in [-0.3, -0.25) is 14.5 Å². The first-order valence-electron chi connectivity index (χ1n) is 9.98. The molecule has 1 aliphatic heterocycles. The van der Waals surface area contributed by atoms with E-state index in [9.17, 15) is 9.59 Å². The van der Waals surface area contributed by atoms with Gasteiger partial charge in [-0.2, -0.15) is 0 Å². The molecule has 2 N–H and O–H groups in total. The molecular weight excluding hydrogens is 350 g/mol. The fourth-order valence-electron chi connectivity index (χ4n) is 3.62. The summed E-state index contributed by atoms with van der Waals surface area (Å²) in [6.45, 7) is 5.63. The Morgan fingerprint density at radius 1 is 1.04 bits per heavy atom. The molecule has 1 unspecified atom stereocenters. The van der Waals surface area contributed by atoms with E-state index in [4.69, 9.17) is 0 Å². The van der Waals surface area contributed by atoms with Crippen molar-refractivity contribution in [3.05, 3.63) is 65.7 Å². The molecule has 0 radical (unpaired) electrons. The average molecular weight is 380 g/mol. The molecular formula is C23H29N3O2. The number of amides is 2. The summed E-state index contributed by atoms with van der Waals surface area (Å²) >= 11 is 0. The van der Waals surface area contributed by atoms with Gasteiger partial charge in [0.05, 0.1) is 12.5 Å². The van der Waals surface area contributed by atoms with Gasteiger partial charge in [0.25, 0.3) is 0 Å². The van der Waals surface area contributed by atoms with Crippen molar-refractivity contribution < 1.29 is 9.59 Å². The van der Waals surface area contributed by atoms with Crippen LogP contribution in [0.25, 0.3) is 0 Å². The predicted molar refractivity (Wildman–Crippen MR) is 112 cm³/mol. The van der Waals surface area contributed by atoms with Crippen molar-refractivity contribution in [3.8, 4) is 0 Å². The minimum Gasteiger partial charge on any atom is -0.354 e. The summed E-state index contributed by atoms with van der Waals surface area (Å²) in [6.07, 6.45) is 2.26. The van der Waals surface area contributed by atoms with Crippen molar-refractivity contribution in [2.45, 2.75) is 51.7 Å². The van der Waals surface area contributed by atoms with Crippen LogP contribution in [0.1, 0.15) is 37.8 Å². The second kappa shape index (κ2) is 9.51. The Kier molecular flexibility index (Phi) is 6.82. The molecule has 1 saturated heterocycles. The molecule has 5 heteroatoms. The number of nitrogens with one attached hydrogen (secondary N) is 2. The van der Waals surface area contributed by atoms with Gasteiger partial charge in [-0.1, -0.05) is 42.5 Å². The van der Waals surface area contributed by atoms with Gasteiger partial charge in [-0.05, 0) is 56.5 Å². The lowest BCUT2D eigenvalue weighted by molar-refractivity contribution is -0.121. The molecule has 2 aromatic carbocycles. The van der Waals surface area contributed by atoms with Crippen LogP contribution in [-0.4, -0.2) is 35.3 Å². The number of nitrogens with zero attached hydrogens (tertiary/aromatic N) is 1. The number of hydrogen-bond donors (Lipinski definition) is 2. The van der Waals surface area contributed by atoms with Crippen LogP contribution in [0.5, 0.6) is 0 Å². The van der Waals surface area contributed by atoms with Gasteiger partial charge in [0.15, 0.2) is 0 Å². The van der Waals surface area contributed by atoms with Crippen molar-refractivity contribution in [2.24, 2.45) is 0 Å². The van der Waals surface area contributed by atoms with Crippen molar-refractivity contribution in [3.63, 3.8) is 0 Å². The van der Waals surface area contributed by atoms with Gasteiger partial charge >= 0.3 is 0 Å². The number of hydrogen-bond acceptors (Lipinski definition) is 3. The molecule has 2 amide bonds. The van der Waals surface area contributed by atoms with Gasteiger partial charge in [-0.25, -0.2) is 0 Å². The zero-order valence-electron chi connectivity index (χ0n) is 16.7. The number of likely N-dealkylation sites (tertiary alicyclic amines) is 1. The first-order chi connectivity index (χ1) is 13.5. The molecule has 3 rings (SSSR count). The summed E-state index contributed by atoms with van der Waals surface area (Å²) in [5.74, 6) is 0.0491. The molecule has 0 aromatic heterocycles. The lowest BCUT2D eigenvalue weighted by Crippen LogP contribution is -2.39. The molecule has 0 spiro atoms. The largest absolute Gasteiger partial charge is 0.354 e. The Morgan fingerprint density at radius 3 is 2.43 bits per heavy atom. The number of benzene rings is 2. The summed E-state index contributed by atoms with van der Waals surface area (Å²) < 4.78 is 0. The fraction of sp³-hybridized carbons (Fsp3) is 0.391. The molecule has 0 aliphatic carbocycles. The predicted octanol–water partition coefficient (Wildman–Crippen LogP) is 3.36. The van der Waals surface area contributed by atoms with Crippen LogP contribution in [0.3, 0.4) is 0 Å². The maximum Gasteiger partial charge on any atom is 0.241 e. The summed E-state index contributed by atoms with van der Waals surface area (Å²) in [5, 5.41) is 5.92. The summed E-state index contributed by atoms with van der Waals surface area (Å²) in [5.41, 5.74) is 2.93. The Hall–Kier alpha value is -2.66. The second-order valence-corrected chi connectivity index (χ2v) is 7.70. The van der Waals surface area contributed by atoms with Crippen LogP contribution >= 0.6 is 0 Å². The number of anilines is 1. The number of carbonyl (C=O) groups is 2. The third-order valence-corrected chi connectivity index (χ3v) is 4.93.